The van der Waals surface area contributed by atoms with Crippen molar-refractivity contribution in [2.24, 2.45) is 0 Å². The second-order valence-electron chi connectivity index (χ2n) is 4.86. The number of rotatable bonds is 5. The molecule has 1 heterocycles. The van der Waals surface area contributed by atoms with Crippen LogP contribution in [0.5, 0.6) is 0 Å². The predicted molar refractivity (Wildman–Crippen MR) is 75.9 cm³/mol. The van der Waals surface area contributed by atoms with Crippen LogP contribution in [0.3, 0.4) is 0 Å². The molecule has 1 aliphatic rings. The molecule has 0 aromatic heterocycles. The molecule has 0 saturated carbocycles. The highest BCUT2D eigenvalue weighted by molar-refractivity contribution is 7.92. The maximum Gasteiger partial charge on any atom is 0.243 e. The van der Waals surface area contributed by atoms with Gasteiger partial charge in [0, 0.05) is 6.54 Å². The van der Waals surface area contributed by atoms with E-state index in [1.54, 1.807) is 18.2 Å². The van der Waals surface area contributed by atoms with Crippen molar-refractivity contribution in [2.75, 3.05) is 24.7 Å². The first-order valence-corrected chi connectivity index (χ1v) is 9.60. The average molecular weight is 335 g/mol. The maximum absolute atomic E-state index is 12.6. The van der Waals surface area contributed by atoms with Crippen molar-refractivity contribution >= 4 is 19.9 Å². The zero-order valence-electron chi connectivity index (χ0n) is 11.2. The van der Waals surface area contributed by atoms with Gasteiger partial charge in [-0.15, -0.1) is 0 Å². The summed E-state index contributed by atoms with van der Waals surface area (Å²) in [4.78, 5) is -0.00468. The fraction of sp³-hybridized carbons (Fsp3) is 0.500. The van der Waals surface area contributed by atoms with Crippen LogP contribution < -0.4 is 0 Å². The molecule has 7 nitrogen and oxygen atoms in total. The minimum atomic E-state index is -3.98. The summed E-state index contributed by atoms with van der Waals surface area (Å²) < 4.78 is 49.2. The molecule has 1 aromatic carbocycles. The normalized spacial score (nSPS) is 25.3. The van der Waals surface area contributed by atoms with Crippen LogP contribution in [0, 0.1) is 0 Å². The molecule has 1 aromatic rings. The Morgan fingerprint density at radius 1 is 1.19 bits per heavy atom. The van der Waals surface area contributed by atoms with Crippen molar-refractivity contribution in [3.8, 4) is 0 Å². The first-order chi connectivity index (χ1) is 9.78. The summed E-state index contributed by atoms with van der Waals surface area (Å²) in [6.07, 6.45) is -1.29. The number of benzene rings is 1. The Bertz CT molecular complexity index is 686. The second kappa shape index (κ2) is 6.01. The van der Waals surface area contributed by atoms with Gasteiger partial charge >= 0.3 is 0 Å². The van der Waals surface area contributed by atoms with Crippen molar-refractivity contribution in [3.63, 3.8) is 0 Å². The topological polar surface area (TPSA) is 112 Å². The van der Waals surface area contributed by atoms with Crippen LogP contribution in [-0.2, 0) is 19.9 Å². The lowest BCUT2D eigenvalue weighted by Gasteiger charge is -2.28. The van der Waals surface area contributed by atoms with Crippen LogP contribution in [0.4, 0.5) is 0 Å². The van der Waals surface area contributed by atoms with Gasteiger partial charge in [0.05, 0.1) is 35.2 Å². The second-order valence-corrected chi connectivity index (χ2v) is 8.91. The molecule has 1 fully saturated rings. The van der Waals surface area contributed by atoms with Gasteiger partial charge in [-0.3, -0.25) is 0 Å². The quantitative estimate of drug-likeness (QED) is 0.701. The molecule has 1 aliphatic heterocycles. The first kappa shape index (κ1) is 16.4. The Morgan fingerprint density at radius 2 is 1.81 bits per heavy atom. The van der Waals surface area contributed by atoms with Crippen LogP contribution in [0.15, 0.2) is 35.2 Å². The molecule has 2 rings (SSSR count). The third-order valence-electron chi connectivity index (χ3n) is 3.33. The van der Waals surface area contributed by atoms with Gasteiger partial charge in [0.15, 0.2) is 9.84 Å². The smallest absolute Gasteiger partial charge is 0.243 e. The zero-order chi connectivity index (χ0) is 15.7. The van der Waals surface area contributed by atoms with Crippen molar-refractivity contribution < 1.29 is 27.0 Å². The molecule has 0 aliphatic carbocycles. The average Bonchev–Trinajstić information content (AvgIpc) is 2.70. The van der Waals surface area contributed by atoms with E-state index in [9.17, 15) is 21.9 Å². The van der Waals surface area contributed by atoms with Gasteiger partial charge in [-0.25, -0.2) is 16.8 Å². The molecule has 9 heteroatoms. The van der Waals surface area contributed by atoms with Crippen LogP contribution in [0.1, 0.15) is 0 Å². The number of sulfone groups is 1. The molecule has 0 radical (unpaired) electrons. The van der Waals surface area contributed by atoms with E-state index in [-0.39, 0.29) is 11.4 Å². The van der Waals surface area contributed by atoms with Crippen molar-refractivity contribution in [1.82, 2.24) is 4.31 Å². The molecule has 2 N–H and O–H groups in total. The molecular weight excluding hydrogens is 318 g/mol. The van der Waals surface area contributed by atoms with Gasteiger partial charge in [0.2, 0.25) is 10.0 Å². The third kappa shape index (κ3) is 3.43. The number of sulfonamides is 1. The van der Waals surface area contributed by atoms with Crippen molar-refractivity contribution in [1.29, 1.82) is 0 Å². The lowest BCUT2D eigenvalue weighted by atomic mass is 10.2. The standard InChI is InChI=1S/C12H17NO6S2/c14-7-6-13(11-8-20(16,17)9-12(11)15)21(18,19)10-4-2-1-3-5-10/h1-5,11-12,14-15H,6-9H2/t11-,12-/m0/s1. The summed E-state index contributed by atoms with van der Waals surface area (Å²) in [5.41, 5.74) is 0. The van der Waals surface area contributed by atoms with Gasteiger partial charge in [-0.1, -0.05) is 18.2 Å². The van der Waals surface area contributed by atoms with Gasteiger partial charge in [-0.05, 0) is 12.1 Å². The summed E-state index contributed by atoms with van der Waals surface area (Å²) in [5, 5.41) is 19.0. The summed E-state index contributed by atoms with van der Waals surface area (Å²) >= 11 is 0. The number of aliphatic hydroxyl groups excluding tert-OH is 2. The summed E-state index contributed by atoms with van der Waals surface area (Å²) in [7, 11) is -7.47. The molecule has 118 valence electrons. The summed E-state index contributed by atoms with van der Waals surface area (Å²) in [6.45, 7) is -0.732. The van der Waals surface area contributed by atoms with E-state index in [2.05, 4.69) is 0 Å². The van der Waals surface area contributed by atoms with E-state index in [0.717, 1.165) is 4.31 Å². The van der Waals surface area contributed by atoms with E-state index in [1.807, 2.05) is 0 Å². The Kier molecular flexibility index (Phi) is 4.69. The predicted octanol–water partition coefficient (Wildman–Crippen LogP) is -1.17. The van der Waals surface area contributed by atoms with Crippen LogP contribution in [-0.4, -0.2) is 68.2 Å². The number of hydrogen-bond donors (Lipinski definition) is 2. The lowest BCUT2D eigenvalue weighted by molar-refractivity contribution is 0.117. The molecule has 0 spiro atoms. The summed E-state index contributed by atoms with van der Waals surface area (Å²) in [5.74, 6) is -0.913. The highest BCUT2D eigenvalue weighted by Crippen LogP contribution is 2.25. The Morgan fingerprint density at radius 3 is 2.29 bits per heavy atom. The summed E-state index contributed by atoms with van der Waals surface area (Å²) in [6, 6.07) is 6.44. The fourth-order valence-electron chi connectivity index (χ4n) is 2.38. The van der Waals surface area contributed by atoms with Crippen LogP contribution >= 0.6 is 0 Å². The SMILES string of the molecule is O=S1(=O)C[C@H](O)[C@@H](N(CCO)S(=O)(=O)c2ccccc2)C1. The Hall–Kier alpha value is -1.00. The Labute approximate surface area is 123 Å². The fourth-order valence-corrected chi connectivity index (χ4v) is 5.94. The molecule has 2 atom stereocenters. The third-order valence-corrected chi connectivity index (χ3v) is 6.97. The molecule has 0 bridgehead atoms. The number of aliphatic hydroxyl groups is 2. The monoisotopic (exact) mass is 335 g/mol. The van der Waals surface area contributed by atoms with E-state index in [0.29, 0.717) is 0 Å². The highest BCUT2D eigenvalue weighted by atomic mass is 32.2. The van der Waals surface area contributed by atoms with Crippen LogP contribution in [0.25, 0.3) is 0 Å². The number of hydrogen-bond acceptors (Lipinski definition) is 6. The van der Waals surface area contributed by atoms with Gasteiger partial charge < -0.3 is 10.2 Å². The first-order valence-electron chi connectivity index (χ1n) is 6.34. The highest BCUT2D eigenvalue weighted by Gasteiger charge is 2.44. The van der Waals surface area contributed by atoms with Crippen molar-refractivity contribution in [2.45, 2.75) is 17.0 Å². The van der Waals surface area contributed by atoms with E-state index >= 15 is 0 Å². The lowest BCUT2D eigenvalue weighted by Crippen LogP contribution is -2.47. The molecule has 0 amide bonds. The maximum atomic E-state index is 12.6. The minimum Gasteiger partial charge on any atom is -0.395 e. The van der Waals surface area contributed by atoms with Gasteiger partial charge in [0.1, 0.15) is 0 Å². The molecule has 21 heavy (non-hydrogen) atoms. The van der Waals surface area contributed by atoms with E-state index in [4.69, 9.17) is 5.11 Å². The van der Waals surface area contributed by atoms with Crippen molar-refractivity contribution in [3.05, 3.63) is 30.3 Å². The Balaban J connectivity index is 2.40. The zero-order valence-corrected chi connectivity index (χ0v) is 12.8. The molecule has 0 unspecified atom stereocenters. The van der Waals surface area contributed by atoms with Gasteiger partial charge in [-0.2, -0.15) is 4.31 Å². The van der Waals surface area contributed by atoms with E-state index < -0.39 is 50.1 Å². The number of nitrogens with zero attached hydrogens (tertiary/aromatic N) is 1. The van der Waals surface area contributed by atoms with E-state index in [1.165, 1.54) is 12.1 Å². The van der Waals surface area contributed by atoms with Crippen LogP contribution in [0.2, 0.25) is 0 Å². The van der Waals surface area contributed by atoms with Gasteiger partial charge in [0.25, 0.3) is 0 Å². The molecule has 1 saturated heterocycles. The minimum absolute atomic E-state index is 0.00468. The largest absolute Gasteiger partial charge is 0.395 e. The molecular formula is C12H17NO6S2.